The van der Waals surface area contributed by atoms with Crippen LogP contribution in [0.4, 0.5) is 4.79 Å². The number of carbonyl (C=O) groups is 2. The van der Waals surface area contributed by atoms with E-state index < -0.39 is 11.5 Å². The summed E-state index contributed by atoms with van der Waals surface area (Å²) in [5, 5.41) is 2.82. The molecule has 108 valence electrons. The summed E-state index contributed by atoms with van der Waals surface area (Å²) in [4.78, 5) is 22.9. The first kappa shape index (κ1) is 14.4. The Morgan fingerprint density at radius 3 is 2.90 bits per heavy atom. The second-order valence-corrected chi connectivity index (χ2v) is 5.27. The van der Waals surface area contributed by atoms with Crippen molar-refractivity contribution >= 4 is 12.0 Å². The average molecular weight is 276 g/mol. The molecular formula is C15H20N2O3. The molecule has 1 aliphatic carbocycles. The summed E-state index contributed by atoms with van der Waals surface area (Å²) < 4.78 is 4.61. The van der Waals surface area contributed by atoms with E-state index in [1.54, 1.807) is 0 Å². The molecule has 1 aliphatic rings. The quantitative estimate of drug-likeness (QED) is 0.817. The van der Waals surface area contributed by atoms with Crippen molar-refractivity contribution in [2.45, 2.75) is 31.6 Å². The summed E-state index contributed by atoms with van der Waals surface area (Å²) in [6, 6.07) is 8.07. The van der Waals surface area contributed by atoms with Gasteiger partial charge < -0.3 is 15.8 Å². The maximum atomic E-state index is 12.4. The maximum Gasteiger partial charge on any atom is 0.404 e. The van der Waals surface area contributed by atoms with E-state index >= 15 is 0 Å². The van der Waals surface area contributed by atoms with Crippen LogP contribution in [-0.4, -0.2) is 25.2 Å². The van der Waals surface area contributed by atoms with Crippen LogP contribution in [0.15, 0.2) is 24.3 Å². The first-order valence-corrected chi connectivity index (χ1v) is 6.83. The van der Waals surface area contributed by atoms with Crippen molar-refractivity contribution in [3.63, 3.8) is 0 Å². The van der Waals surface area contributed by atoms with Crippen LogP contribution >= 0.6 is 0 Å². The van der Waals surface area contributed by atoms with Gasteiger partial charge in [0.2, 0.25) is 5.91 Å². The lowest BCUT2D eigenvalue weighted by molar-refractivity contribution is -0.126. The molecule has 0 heterocycles. The Morgan fingerprint density at radius 1 is 1.40 bits per heavy atom. The van der Waals surface area contributed by atoms with E-state index in [1.165, 1.54) is 5.56 Å². The second-order valence-electron chi connectivity index (χ2n) is 5.27. The largest absolute Gasteiger partial charge is 0.448 e. The molecule has 2 amide bonds. The predicted molar refractivity (Wildman–Crippen MR) is 75.3 cm³/mol. The lowest BCUT2D eigenvalue weighted by atomic mass is 9.70. The van der Waals surface area contributed by atoms with Gasteiger partial charge in [0, 0.05) is 0 Å². The number of aryl methyl sites for hydroxylation is 1. The molecule has 5 nitrogen and oxygen atoms in total. The van der Waals surface area contributed by atoms with Crippen molar-refractivity contribution in [1.82, 2.24) is 5.32 Å². The minimum atomic E-state index is -0.825. The van der Waals surface area contributed by atoms with Crippen molar-refractivity contribution in [3.8, 4) is 0 Å². The van der Waals surface area contributed by atoms with E-state index in [0.29, 0.717) is 0 Å². The highest BCUT2D eigenvalue weighted by molar-refractivity contribution is 5.88. The van der Waals surface area contributed by atoms with Crippen LogP contribution in [-0.2, 0) is 21.4 Å². The Morgan fingerprint density at radius 2 is 2.15 bits per heavy atom. The van der Waals surface area contributed by atoms with E-state index in [-0.39, 0.29) is 19.1 Å². The number of primary amides is 1. The molecule has 0 spiro atoms. The molecule has 3 N–H and O–H groups in total. The molecule has 1 aromatic rings. The SMILES string of the molecule is CC1(C(=O)NCCOC(N)=O)CCCc2ccccc21. The van der Waals surface area contributed by atoms with E-state index in [4.69, 9.17) is 5.73 Å². The van der Waals surface area contributed by atoms with Crippen molar-refractivity contribution in [3.05, 3.63) is 35.4 Å². The lowest BCUT2D eigenvalue weighted by Crippen LogP contribution is -2.45. The zero-order valence-electron chi connectivity index (χ0n) is 11.6. The molecule has 0 bridgehead atoms. The molecule has 0 saturated carbocycles. The highest BCUT2D eigenvalue weighted by atomic mass is 16.5. The van der Waals surface area contributed by atoms with Gasteiger partial charge in [0.05, 0.1) is 12.0 Å². The van der Waals surface area contributed by atoms with Gasteiger partial charge in [0.1, 0.15) is 6.61 Å². The van der Waals surface area contributed by atoms with Gasteiger partial charge in [-0.25, -0.2) is 4.79 Å². The summed E-state index contributed by atoms with van der Waals surface area (Å²) in [5.41, 5.74) is 6.69. The number of fused-ring (bicyclic) bond motifs is 1. The van der Waals surface area contributed by atoms with Crippen molar-refractivity contribution in [2.75, 3.05) is 13.2 Å². The van der Waals surface area contributed by atoms with Crippen LogP contribution < -0.4 is 11.1 Å². The zero-order chi connectivity index (χ0) is 14.6. The normalized spacial score (nSPS) is 20.9. The summed E-state index contributed by atoms with van der Waals surface area (Å²) >= 11 is 0. The Kier molecular flexibility index (Phi) is 4.27. The van der Waals surface area contributed by atoms with E-state index in [1.807, 2.05) is 25.1 Å². The van der Waals surface area contributed by atoms with E-state index in [2.05, 4.69) is 16.1 Å². The Hall–Kier alpha value is -2.04. The first-order valence-electron chi connectivity index (χ1n) is 6.83. The fourth-order valence-electron chi connectivity index (χ4n) is 2.79. The third kappa shape index (κ3) is 2.92. The summed E-state index contributed by atoms with van der Waals surface area (Å²) in [5.74, 6) is -0.0299. The number of carbonyl (C=O) groups excluding carboxylic acids is 2. The van der Waals surface area contributed by atoms with Gasteiger partial charge in [-0.05, 0) is 37.3 Å². The molecule has 1 atom stereocenters. The molecule has 0 aliphatic heterocycles. The minimum Gasteiger partial charge on any atom is -0.448 e. The highest BCUT2D eigenvalue weighted by Crippen LogP contribution is 2.37. The number of benzene rings is 1. The van der Waals surface area contributed by atoms with Gasteiger partial charge in [0.15, 0.2) is 0 Å². The van der Waals surface area contributed by atoms with E-state index in [0.717, 1.165) is 24.8 Å². The van der Waals surface area contributed by atoms with Crippen LogP contribution in [0.2, 0.25) is 0 Å². The lowest BCUT2D eigenvalue weighted by Gasteiger charge is -2.34. The topological polar surface area (TPSA) is 81.4 Å². The molecule has 0 radical (unpaired) electrons. The number of rotatable bonds is 4. The smallest absolute Gasteiger partial charge is 0.404 e. The van der Waals surface area contributed by atoms with Crippen molar-refractivity contribution in [2.24, 2.45) is 5.73 Å². The zero-order valence-corrected chi connectivity index (χ0v) is 11.6. The maximum absolute atomic E-state index is 12.4. The van der Waals surface area contributed by atoms with Crippen LogP contribution in [0.1, 0.15) is 30.9 Å². The molecule has 0 aromatic heterocycles. The molecule has 2 rings (SSSR count). The predicted octanol–water partition coefficient (Wildman–Crippen LogP) is 1.49. The van der Waals surface area contributed by atoms with Crippen molar-refractivity contribution in [1.29, 1.82) is 0 Å². The van der Waals surface area contributed by atoms with Crippen molar-refractivity contribution < 1.29 is 14.3 Å². The highest BCUT2D eigenvalue weighted by Gasteiger charge is 2.38. The van der Waals surface area contributed by atoms with Gasteiger partial charge in [-0.2, -0.15) is 0 Å². The third-order valence-corrected chi connectivity index (χ3v) is 3.87. The third-order valence-electron chi connectivity index (χ3n) is 3.87. The monoisotopic (exact) mass is 276 g/mol. The van der Waals surface area contributed by atoms with Crippen LogP contribution in [0.25, 0.3) is 0 Å². The molecule has 0 fully saturated rings. The Balaban J connectivity index is 2.04. The average Bonchev–Trinajstić information content (AvgIpc) is 2.43. The number of hydrogen-bond acceptors (Lipinski definition) is 3. The fraction of sp³-hybridized carbons (Fsp3) is 0.467. The first-order chi connectivity index (χ1) is 9.54. The van der Waals surface area contributed by atoms with Gasteiger partial charge in [0.25, 0.3) is 0 Å². The summed E-state index contributed by atoms with van der Waals surface area (Å²) in [6.07, 6.45) is 2.02. The number of nitrogens with one attached hydrogen (secondary N) is 1. The fourth-order valence-corrected chi connectivity index (χ4v) is 2.79. The number of ether oxygens (including phenoxy) is 1. The number of nitrogens with two attached hydrogens (primary N) is 1. The Labute approximate surface area is 118 Å². The molecule has 1 aromatic carbocycles. The van der Waals surface area contributed by atoms with Gasteiger partial charge in [-0.1, -0.05) is 24.3 Å². The van der Waals surface area contributed by atoms with Gasteiger partial charge in [-0.3, -0.25) is 4.79 Å². The van der Waals surface area contributed by atoms with Gasteiger partial charge in [-0.15, -0.1) is 0 Å². The van der Waals surface area contributed by atoms with Crippen LogP contribution in [0.5, 0.6) is 0 Å². The number of amides is 2. The standard InChI is InChI=1S/C15H20N2O3/c1-15(13(18)17-9-10-20-14(16)19)8-4-6-11-5-2-3-7-12(11)15/h2-3,5,7H,4,6,8-10H2,1H3,(H2,16,19)(H,17,18). The summed E-state index contributed by atoms with van der Waals surface area (Å²) in [7, 11) is 0. The molecule has 5 heteroatoms. The summed E-state index contributed by atoms with van der Waals surface area (Å²) in [6.45, 7) is 2.34. The molecule has 0 saturated heterocycles. The van der Waals surface area contributed by atoms with Gasteiger partial charge >= 0.3 is 6.09 Å². The van der Waals surface area contributed by atoms with Crippen LogP contribution in [0.3, 0.4) is 0 Å². The van der Waals surface area contributed by atoms with E-state index in [9.17, 15) is 9.59 Å². The molecule has 1 unspecified atom stereocenters. The molecular weight excluding hydrogens is 256 g/mol. The Bertz CT molecular complexity index is 516. The molecule has 20 heavy (non-hydrogen) atoms. The second kappa shape index (κ2) is 5.94. The van der Waals surface area contributed by atoms with Crippen LogP contribution in [0, 0.1) is 0 Å². The number of hydrogen-bond donors (Lipinski definition) is 2. The minimum absolute atomic E-state index is 0.0299.